The highest BCUT2D eigenvalue weighted by Crippen LogP contribution is 2.27. The minimum Gasteiger partial charge on any atom is -0.356 e. The van der Waals surface area contributed by atoms with Crippen LogP contribution in [0.15, 0.2) is 23.7 Å². The van der Waals surface area contributed by atoms with Crippen LogP contribution in [0.2, 0.25) is 0 Å². The van der Waals surface area contributed by atoms with Crippen molar-refractivity contribution in [2.45, 2.75) is 26.3 Å². The highest BCUT2D eigenvalue weighted by atomic mass is 32.1. The second-order valence-electron chi connectivity index (χ2n) is 5.33. The standard InChI is InChI=1S/C13H14N4S2/c1-13(2,3)16-12-15-11(17-19-12)8-6-10-9(14-7-8)4-5-18-10/h4-7H,1-3H3,(H,15,16,17). The molecule has 0 radical (unpaired) electrons. The van der Waals surface area contributed by atoms with Crippen LogP contribution in [0.1, 0.15) is 20.8 Å². The van der Waals surface area contributed by atoms with Crippen LogP contribution in [0.3, 0.4) is 0 Å². The first-order valence-electron chi connectivity index (χ1n) is 5.97. The summed E-state index contributed by atoms with van der Waals surface area (Å²) in [5, 5.41) is 6.22. The Bertz CT molecular complexity index is 709. The maximum absolute atomic E-state index is 4.52. The summed E-state index contributed by atoms with van der Waals surface area (Å²) in [6.45, 7) is 6.31. The first-order chi connectivity index (χ1) is 9.01. The second-order valence-corrected chi connectivity index (χ2v) is 7.03. The Kier molecular flexibility index (Phi) is 2.99. The van der Waals surface area contributed by atoms with Gasteiger partial charge in [-0.25, -0.2) is 0 Å². The molecule has 0 aliphatic rings. The third-order valence-electron chi connectivity index (χ3n) is 2.47. The number of nitrogens with zero attached hydrogens (tertiary/aromatic N) is 3. The largest absolute Gasteiger partial charge is 0.356 e. The monoisotopic (exact) mass is 290 g/mol. The molecule has 3 aromatic rings. The van der Waals surface area contributed by atoms with Gasteiger partial charge in [-0.3, -0.25) is 4.98 Å². The lowest BCUT2D eigenvalue weighted by Crippen LogP contribution is -2.25. The van der Waals surface area contributed by atoms with E-state index in [1.807, 2.05) is 17.6 Å². The molecule has 0 atom stereocenters. The van der Waals surface area contributed by atoms with Gasteiger partial charge in [0, 0.05) is 28.8 Å². The summed E-state index contributed by atoms with van der Waals surface area (Å²) in [6.07, 6.45) is 1.83. The smallest absolute Gasteiger partial charge is 0.203 e. The summed E-state index contributed by atoms with van der Waals surface area (Å²) in [6, 6.07) is 4.11. The van der Waals surface area contributed by atoms with Gasteiger partial charge in [-0.1, -0.05) is 0 Å². The molecule has 19 heavy (non-hydrogen) atoms. The molecule has 0 unspecified atom stereocenters. The summed E-state index contributed by atoms with van der Waals surface area (Å²) in [5.41, 5.74) is 1.98. The molecule has 1 N–H and O–H groups in total. The van der Waals surface area contributed by atoms with Crippen molar-refractivity contribution in [1.29, 1.82) is 0 Å². The van der Waals surface area contributed by atoms with Gasteiger partial charge in [0.15, 0.2) is 5.82 Å². The van der Waals surface area contributed by atoms with Crippen molar-refractivity contribution in [2.24, 2.45) is 0 Å². The number of fused-ring (bicyclic) bond motifs is 1. The average molecular weight is 290 g/mol. The van der Waals surface area contributed by atoms with Gasteiger partial charge in [0.1, 0.15) is 0 Å². The van der Waals surface area contributed by atoms with Crippen LogP contribution in [0.5, 0.6) is 0 Å². The quantitative estimate of drug-likeness (QED) is 0.774. The normalized spacial score (nSPS) is 11.9. The van der Waals surface area contributed by atoms with E-state index in [9.17, 15) is 0 Å². The fourth-order valence-electron chi connectivity index (χ4n) is 1.68. The van der Waals surface area contributed by atoms with E-state index in [1.54, 1.807) is 11.3 Å². The molecule has 0 fully saturated rings. The summed E-state index contributed by atoms with van der Waals surface area (Å²) in [4.78, 5) is 8.93. The van der Waals surface area contributed by atoms with Crippen LogP contribution in [-0.2, 0) is 0 Å². The predicted octanol–water partition coefficient (Wildman–Crippen LogP) is 4.03. The van der Waals surface area contributed by atoms with Crippen LogP contribution in [0.25, 0.3) is 21.6 Å². The summed E-state index contributed by atoms with van der Waals surface area (Å²) >= 11 is 3.06. The van der Waals surface area contributed by atoms with Gasteiger partial charge in [0.2, 0.25) is 5.13 Å². The Morgan fingerprint density at radius 3 is 2.89 bits per heavy atom. The Morgan fingerprint density at radius 1 is 1.26 bits per heavy atom. The van der Waals surface area contributed by atoms with E-state index in [1.165, 1.54) is 11.5 Å². The molecule has 3 aromatic heterocycles. The van der Waals surface area contributed by atoms with Gasteiger partial charge >= 0.3 is 0 Å². The molecule has 98 valence electrons. The van der Waals surface area contributed by atoms with Gasteiger partial charge in [0.25, 0.3) is 0 Å². The molecule has 0 bridgehead atoms. The van der Waals surface area contributed by atoms with Crippen LogP contribution < -0.4 is 5.32 Å². The molecule has 0 aliphatic heterocycles. The van der Waals surface area contributed by atoms with Crippen molar-refractivity contribution in [2.75, 3.05) is 5.32 Å². The van der Waals surface area contributed by atoms with E-state index in [-0.39, 0.29) is 5.54 Å². The number of anilines is 1. The van der Waals surface area contributed by atoms with Crippen LogP contribution in [0, 0.1) is 0 Å². The van der Waals surface area contributed by atoms with E-state index >= 15 is 0 Å². The molecule has 0 aromatic carbocycles. The van der Waals surface area contributed by atoms with Gasteiger partial charge in [-0.15, -0.1) is 11.3 Å². The molecule has 0 saturated carbocycles. The average Bonchev–Trinajstić information content (AvgIpc) is 2.93. The Morgan fingerprint density at radius 2 is 2.11 bits per heavy atom. The van der Waals surface area contributed by atoms with E-state index < -0.39 is 0 Å². The molecular weight excluding hydrogens is 276 g/mol. The molecule has 3 rings (SSSR count). The predicted molar refractivity (Wildman–Crippen MR) is 81.9 cm³/mol. The SMILES string of the molecule is CC(C)(C)Nc1nc(-c2cnc3ccsc3c2)ns1. The fourth-order valence-corrected chi connectivity index (χ4v) is 3.26. The van der Waals surface area contributed by atoms with E-state index in [4.69, 9.17) is 0 Å². The first-order valence-corrected chi connectivity index (χ1v) is 7.62. The van der Waals surface area contributed by atoms with Gasteiger partial charge < -0.3 is 5.32 Å². The number of hydrogen-bond acceptors (Lipinski definition) is 6. The van der Waals surface area contributed by atoms with E-state index in [0.29, 0.717) is 0 Å². The second kappa shape index (κ2) is 4.54. The molecule has 4 nitrogen and oxygen atoms in total. The molecule has 6 heteroatoms. The van der Waals surface area contributed by atoms with E-state index in [0.717, 1.165) is 26.7 Å². The highest BCUT2D eigenvalue weighted by Gasteiger charge is 2.14. The van der Waals surface area contributed by atoms with Crippen molar-refractivity contribution in [3.8, 4) is 11.4 Å². The summed E-state index contributed by atoms with van der Waals surface area (Å²) in [5.74, 6) is 0.736. The number of nitrogens with one attached hydrogen (secondary N) is 1. The van der Waals surface area contributed by atoms with Crippen molar-refractivity contribution < 1.29 is 0 Å². The van der Waals surface area contributed by atoms with Crippen molar-refractivity contribution in [1.82, 2.24) is 14.3 Å². The van der Waals surface area contributed by atoms with Crippen LogP contribution >= 0.6 is 22.9 Å². The van der Waals surface area contributed by atoms with Crippen molar-refractivity contribution in [3.63, 3.8) is 0 Å². The number of thiophene rings is 1. The number of aromatic nitrogens is 3. The molecule has 3 heterocycles. The van der Waals surface area contributed by atoms with Gasteiger partial charge in [0.05, 0.1) is 10.2 Å². The third-order valence-corrected chi connectivity index (χ3v) is 3.95. The number of rotatable bonds is 2. The maximum atomic E-state index is 4.52. The summed E-state index contributed by atoms with van der Waals surface area (Å²) < 4.78 is 5.56. The lowest BCUT2D eigenvalue weighted by atomic mass is 10.1. The zero-order chi connectivity index (χ0) is 13.5. The fraction of sp³-hybridized carbons (Fsp3) is 0.308. The zero-order valence-corrected chi connectivity index (χ0v) is 12.6. The van der Waals surface area contributed by atoms with Crippen molar-refractivity contribution in [3.05, 3.63) is 23.7 Å². The topological polar surface area (TPSA) is 50.7 Å². The van der Waals surface area contributed by atoms with Crippen molar-refractivity contribution >= 4 is 38.2 Å². The number of pyridine rings is 1. The van der Waals surface area contributed by atoms with Gasteiger partial charge in [-0.2, -0.15) is 9.36 Å². The molecule has 0 amide bonds. The van der Waals surface area contributed by atoms with Crippen LogP contribution in [-0.4, -0.2) is 19.9 Å². The minimum absolute atomic E-state index is 0.00718. The molecule has 0 spiro atoms. The van der Waals surface area contributed by atoms with E-state index in [2.05, 4.69) is 46.5 Å². The minimum atomic E-state index is -0.00718. The first kappa shape index (κ1) is 12.5. The number of hydrogen-bond donors (Lipinski definition) is 1. The Balaban J connectivity index is 1.93. The zero-order valence-electron chi connectivity index (χ0n) is 11.0. The molecular formula is C13H14N4S2. The molecule has 0 aliphatic carbocycles. The van der Waals surface area contributed by atoms with Crippen LogP contribution in [0.4, 0.5) is 5.13 Å². The Hall–Kier alpha value is -1.53. The summed E-state index contributed by atoms with van der Waals surface area (Å²) in [7, 11) is 0. The third kappa shape index (κ3) is 2.74. The van der Waals surface area contributed by atoms with Gasteiger partial charge in [-0.05, 0) is 38.3 Å². The Labute approximate surface area is 119 Å². The lowest BCUT2D eigenvalue weighted by molar-refractivity contribution is 0.633. The highest BCUT2D eigenvalue weighted by molar-refractivity contribution is 7.17. The lowest BCUT2D eigenvalue weighted by Gasteiger charge is -2.18. The maximum Gasteiger partial charge on any atom is 0.203 e. The molecule has 0 saturated heterocycles.